The minimum atomic E-state index is -0.890. The van der Waals surface area contributed by atoms with Gasteiger partial charge in [-0.15, -0.1) is 0 Å². The van der Waals surface area contributed by atoms with Gasteiger partial charge in [0.05, 0.1) is 7.11 Å². The first kappa shape index (κ1) is 9.44. The van der Waals surface area contributed by atoms with Crippen LogP contribution in [-0.2, 0) is 4.74 Å². The molecule has 0 unspecified atom stereocenters. The molecule has 0 spiro atoms. The summed E-state index contributed by atoms with van der Waals surface area (Å²) in [7, 11) is 1.18. The third kappa shape index (κ3) is 1.74. The van der Waals surface area contributed by atoms with Gasteiger partial charge in [-0.25, -0.2) is 4.79 Å². The zero-order valence-electron chi connectivity index (χ0n) is 7.58. The van der Waals surface area contributed by atoms with Crippen LogP contribution in [0.3, 0.4) is 0 Å². The van der Waals surface area contributed by atoms with E-state index in [0.29, 0.717) is 11.5 Å². The number of aromatic hydroxyl groups is 1. The molecule has 0 aliphatic heterocycles. The molecule has 0 aliphatic carbocycles. The van der Waals surface area contributed by atoms with E-state index in [1.54, 1.807) is 13.8 Å². The average molecular weight is 186 g/mol. The Morgan fingerprint density at radius 3 is 2.38 bits per heavy atom. The Bertz CT molecular complexity index is 326. The number of hydrogen-bond donors (Lipinski definition) is 1. The third-order valence-corrected chi connectivity index (χ3v) is 1.53. The molecule has 0 aliphatic rings. The SMILES string of the molecule is COC(=O)Oc1c(C)oc(C)c1O. The molecule has 5 heteroatoms. The Morgan fingerprint density at radius 1 is 1.38 bits per heavy atom. The van der Waals surface area contributed by atoms with Crippen LogP contribution in [0, 0.1) is 13.8 Å². The van der Waals surface area contributed by atoms with Crippen LogP contribution in [0.5, 0.6) is 11.5 Å². The Labute approximate surface area is 74.9 Å². The lowest BCUT2D eigenvalue weighted by Crippen LogP contribution is -2.07. The first-order valence-electron chi connectivity index (χ1n) is 3.61. The van der Waals surface area contributed by atoms with Gasteiger partial charge in [-0.2, -0.15) is 0 Å². The van der Waals surface area contributed by atoms with Crippen LogP contribution in [0.15, 0.2) is 4.42 Å². The highest BCUT2D eigenvalue weighted by atomic mass is 16.7. The van der Waals surface area contributed by atoms with E-state index in [1.807, 2.05) is 0 Å². The van der Waals surface area contributed by atoms with E-state index in [0.717, 1.165) is 0 Å². The van der Waals surface area contributed by atoms with Crippen molar-refractivity contribution in [1.29, 1.82) is 0 Å². The van der Waals surface area contributed by atoms with E-state index in [2.05, 4.69) is 9.47 Å². The molecule has 72 valence electrons. The molecule has 1 N–H and O–H groups in total. The highest BCUT2D eigenvalue weighted by molar-refractivity contribution is 5.65. The van der Waals surface area contributed by atoms with Crippen LogP contribution in [0.2, 0.25) is 0 Å². The largest absolute Gasteiger partial charge is 0.513 e. The summed E-state index contributed by atoms with van der Waals surface area (Å²) in [5, 5.41) is 9.34. The number of carbonyl (C=O) groups excluding carboxylic acids is 1. The molecule has 13 heavy (non-hydrogen) atoms. The molecule has 0 fully saturated rings. The highest BCUT2D eigenvalue weighted by Gasteiger charge is 2.18. The molecular formula is C8H10O5. The number of methoxy groups -OCH3 is 1. The van der Waals surface area contributed by atoms with Crippen LogP contribution >= 0.6 is 0 Å². The second-order valence-electron chi connectivity index (χ2n) is 2.45. The summed E-state index contributed by atoms with van der Waals surface area (Å²) in [5.74, 6) is 0.462. The fraction of sp³-hybridized carbons (Fsp3) is 0.375. The zero-order valence-corrected chi connectivity index (χ0v) is 7.58. The molecular weight excluding hydrogens is 176 g/mol. The average Bonchev–Trinajstić information content (AvgIpc) is 2.32. The summed E-state index contributed by atoms with van der Waals surface area (Å²) in [6.07, 6.45) is -0.890. The van der Waals surface area contributed by atoms with E-state index in [-0.39, 0.29) is 11.5 Å². The Hall–Kier alpha value is -1.65. The minimum absolute atomic E-state index is 0.00403. The van der Waals surface area contributed by atoms with Crippen molar-refractivity contribution >= 4 is 6.16 Å². The van der Waals surface area contributed by atoms with Crippen molar-refractivity contribution < 1.29 is 23.8 Å². The number of hydrogen-bond acceptors (Lipinski definition) is 5. The summed E-state index contributed by atoms with van der Waals surface area (Å²) in [5.41, 5.74) is 0. The number of ether oxygens (including phenoxy) is 2. The normalized spacial score (nSPS) is 9.77. The van der Waals surface area contributed by atoms with Gasteiger partial charge in [-0.3, -0.25) is 0 Å². The zero-order chi connectivity index (χ0) is 10.0. The van der Waals surface area contributed by atoms with Gasteiger partial charge in [0, 0.05) is 0 Å². The Morgan fingerprint density at radius 2 is 2.00 bits per heavy atom. The van der Waals surface area contributed by atoms with Gasteiger partial charge < -0.3 is 19.0 Å². The molecule has 0 bridgehead atoms. The molecule has 0 radical (unpaired) electrons. The molecule has 0 saturated heterocycles. The first-order valence-corrected chi connectivity index (χ1v) is 3.61. The molecule has 0 amide bonds. The maximum Gasteiger partial charge on any atom is 0.513 e. The smallest absolute Gasteiger partial charge is 0.502 e. The maximum atomic E-state index is 10.7. The molecule has 1 rings (SSSR count). The second kappa shape index (κ2) is 3.38. The van der Waals surface area contributed by atoms with Crippen molar-refractivity contribution in [1.82, 2.24) is 0 Å². The Balaban J connectivity index is 2.94. The molecule has 1 aromatic heterocycles. The monoisotopic (exact) mass is 186 g/mol. The van der Waals surface area contributed by atoms with Crippen LogP contribution in [-0.4, -0.2) is 18.4 Å². The Kier molecular flexibility index (Phi) is 2.46. The number of aryl methyl sites for hydroxylation is 2. The molecule has 1 aromatic rings. The van der Waals surface area contributed by atoms with Crippen molar-refractivity contribution in [2.75, 3.05) is 7.11 Å². The van der Waals surface area contributed by atoms with Gasteiger partial charge >= 0.3 is 6.16 Å². The lowest BCUT2D eigenvalue weighted by molar-refractivity contribution is 0.119. The van der Waals surface area contributed by atoms with Crippen molar-refractivity contribution in [3.05, 3.63) is 11.5 Å². The third-order valence-electron chi connectivity index (χ3n) is 1.53. The van der Waals surface area contributed by atoms with Gasteiger partial charge in [-0.1, -0.05) is 0 Å². The van der Waals surface area contributed by atoms with Crippen LogP contribution in [0.25, 0.3) is 0 Å². The summed E-state index contributed by atoms with van der Waals surface area (Å²) >= 11 is 0. The molecule has 0 atom stereocenters. The van der Waals surface area contributed by atoms with E-state index in [1.165, 1.54) is 7.11 Å². The summed E-state index contributed by atoms with van der Waals surface area (Å²) in [6.45, 7) is 3.14. The lowest BCUT2D eigenvalue weighted by Gasteiger charge is -1.99. The molecule has 0 aromatic carbocycles. The standard InChI is InChI=1S/C8H10O5/c1-4-6(9)7(5(2)12-4)13-8(10)11-3/h9H,1-3H3. The maximum absolute atomic E-state index is 10.7. The fourth-order valence-electron chi connectivity index (χ4n) is 0.896. The topological polar surface area (TPSA) is 68.9 Å². The summed E-state index contributed by atoms with van der Waals surface area (Å²) < 4.78 is 13.9. The highest BCUT2D eigenvalue weighted by Crippen LogP contribution is 2.35. The van der Waals surface area contributed by atoms with Crippen LogP contribution in [0.4, 0.5) is 4.79 Å². The number of rotatable bonds is 1. The van der Waals surface area contributed by atoms with Crippen LogP contribution in [0.1, 0.15) is 11.5 Å². The van der Waals surface area contributed by atoms with Gasteiger partial charge in [0.2, 0.25) is 11.5 Å². The number of furan rings is 1. The van der Waals surface area contributed by atoms with E-state index in [4.69, 9.17) is 4.42 Å². The predicted molar refractivity (Wildman–Crippen MR) is 42.9 cm³/mol. The van der Waals surface area contributed by atoms with Gasteiger partial charge in [0.15, 0.2) is 0 Å². The van der Waals surface area contributed by atoms with Gasteiger partial charge in [0.1, 0.15) is 11.5 Å². The number of carbonyl (C=O) groups is 1. The lowest BCUT2D eigenvalue weighted by atomic mass is 10.4. The van der Waals surface area contributed by atoms with E-state index >= 15 is 0 Å². The quantitative estimate of drug-likeness (QED) is 0.676. The molecule has 0 saturated carbocycles. The molecule has 5 nitrogen and oxygen atoms in total. The summed E-state index contributed by atoms with van der Waals surface area (Å²) in [4.78, 5) is 10.7. The van der Waals surface area contributed by atoms with Gasteiger partial charge in [-0.05, 0) is 13.8 Å². The van der Waals surface area contributed by atoms with Crippen molar-refractivity contribution in [3.63, 3.8) is 0 Å². The molecule has 1 heterocycles. The predicted octanol–water partition coefficient (Wildman–Crippen LogP) is 1.75. The van der Waals surface area contributed by atoms with Crippen molar-refractivity contribution in [3.8, 4) is 11.5 Å². The van der Waals surface area contributed by atoms with E-state index < -0.39 is 6.16 Å². The van der Waals surface area contributed by atoms with Crippen LogP contribution < -0.4 is 4.74 Å². The second-order valence-corrected chi connectivity index (χ2v) is 2.45. The van der Waals surface area contributed by atoms with E-state index in [9.17, 15) is 9.90 Å². The van der Waals surface area contributed by atoms with Gasteiger partial charge in [0.25, 0.3) is 0 Å². The minimum Gasteiger partial charge on any atom is -0.502 e. The first-order chi connectivity index (χ1) is 6.06. The summed E-state index contributed by atoms with van der Waals surface area (Å²) in [6, 6.07) is 0. The van der Waals surface area contributed by atoms with Crippen molar-refractivity contribution in [2.45, 2.75) is 13.8 Å². The van der Waals surface area contributed by atoms with Crippen molar-refractivity contribution in [2.24, 2.45) is 0 Å². The fourth-order valence-corrected chi connectivity index (χ4v) is 0.896.